The minimum absolute atomic E-state index is 0.0238. The van der Waals surface area contributed by atoms with Gasteiger partial charge in [0.25, 0.3) is 10.0 Å². The number of amides is 2. The summed E-state index contributed by atoms with van der Waals surface area (Å²) in [6, 6.07) is 10.8. The molecule has 0 radical (unpaired) electrons. The molecular formula is C19H19FN4O3S. The van der Waals surface area contributed by atoms with Gasteiger partial charge in [-0.25, -0.2) is 22.6 Å². The lowest BCUT2D eigenvalue weighted by Gasteiger charge is -2.22. The summed E-state index contributed by atoms with van der Waals surface area (Å²) in [4.78, 5) is 17.9. The van der Waals surface area contributed by atoms with E-state index in [-0.39, 0.29) is 36.5 Å². The monoisotopic (exact) mass is 402 g/mol. The molecule has 146 valence electrons. The van der Waals surface area contributed by atoms with Gasteiger partial charge in [-0.15, -0.1) is 0 Å². The Balaban J connectivity index is 1.34. The Hall–Kier alpha value is -2.78. The van der Waals surface area contributed by atoms with Crippen molar-refractivity contribution < 1.29 is 17.6 Å². The molecule has 0 saturated carbocycles. The fourth-order valence-corrected chi connectivity index (χ4v) is 4.78. The van der Waals surface area contributed by atoms with Gasteiger partial charge in [0.05, 0.1) is 0 Å². The Kier molecular flexibility index (Phi) is 4.86. The zero-order valence-electron chi connectivity index (χ0n) is 15.0. The van der Waals surface area contributed by atoms with Gasteiger partial charge >= 0.3 is 6.03 Å². The summed E-state index contributed by atoms with van der Waals surface area (Å²) in [6.07, 6.45) is 1.45. The van der Waals surface area contributed by atoms with Crippen LogP contribution in [0.3, 0.4) is 0 Å². The summed E-state index contributed by atoms with van der Waals surface area (Å²) in [5.74, 6) is -0.361. The summed E-state index contributed by atoms with van der Waals surface area (Å²) >= 11 is 0. The Morgan fingerprint density at radius 2 is 1.71 bits per heavy atom. The molecule has 28 heavy (non-hydrogen) atoms. The SMILES string of the molecule is O=C(NCc1ccccc1F)N1CC2=C(C1)CN(S(=O)(=O)c1ccccn1)C2. The number of rotatable bonds is 4. The molecule has 0 fully saturated rings. The van der Waals surface area contributed by atoms with Gasteiger partial charge in [-0.2, -0.15) is 4.31 Å². The number of urea groups is 1. The van der Waals surface area contributed by atoms with Crippen molar-refractivity contribution in [1.29, 1.82) is 0 Å². The summed E-state index contributed by atoms with van der Waals surface area (Å²) in [7, 11) is -3.65. The number of sulfonamides is 1. The second-order valence-electron chi connectivity index (χ2n) is 6.75. The van der Waals surface area contributed by atoms with Crippen LogP contribution in [-0.4, -0.2) is 54.8 Å². The highest BCUT2D eigenvalue weighted by Gasteiger charge is 2.38. The number of pyridine rings is 1. The van der Waals surface area contributed by atoms with Crippen LogP contribution in [0.4, 0.5) is 9.18 Å². The minimum atomic E-state index is -3.65. The Morgan fingerprint density at radius 3 is 2.36 bits per heavy atom. The first-order chi connectivity index (χ1) is 13.4. The molecule has 0 aliphatic carbocycles. The van der Waals surface area contributed by atoms with Crippen LogP contribution in [-0.2, 0) is 16.6 Å². The zero-order chi connectivity index (χ0) is 19.7. The van der Waals surface area contributed by atoms with Gasteiger partial charge in [-0.3, -0.25) is 0 Å². The molecule has 4 rings (SSSR count). The molecule has 2 aromatic rings. The standard InChI is InChI=1S/C19H19FN4O3S/c20-17-6-2-1-5-14(17)9-22-19(25)23-10-15-12-24(13-16(15)11-23)28(26,27)18-7-3-4-8-21-18/h1-8H,9-13H2,(H,22,25). The van der Waals surface area contributed by atoms with Crippen molar-refractivity contribution >= 4 is 16.1 Å². The van der Waals surface area contributed by atoms with Crippen LogP contribution in [0, 0.1) is 5.82 Å². The fourth-order valence-electron chi connectivity index (χ4n) is 3.42. The maximum atomic E-state index is 13.7. The number of hydrogen-bond donors (Lipinski definition) is 1. The van der Waals surface area contributed by atoms with E-state index in [2.05, 4.69) is 10.3 Å². The van der Waals surface area contributed by atoms with Crippen LogP contribution in [0.2, 0.25) is 0 Å². The molecule has 0 saturated heterocycles. The van der Waals surface area contributed by atoms with E-state index in [0.29, 0.717) is 18.7 Å². The lowest BCUT2D eigenvalue weighted by Crippen LogP contribution is -2.41. The van der Waals surface area contributed by atoms with E-state index in [0.717, 1.165) is 11.1 Å². The molecule has 9 heteroatoms. The first-order valence-corrected chi connectivity index (χ1v) is 10.3. The van der Waals surface area contributed by atoms with Gasteiger partial charge in [0.1, 0.15) is 5.82 Å². The second kappa shape index (κ2) is 7.33. The largest absolute Gasteiger partial charge is 0.334 e. The molecule has 3 heterocycles. The molecule has 7 nitrogen and oxygen atoms in total. The third kappa shape index (κ3) is 3.50. The predicted octanol–water partition coefficient (Wildman–Crippen LogP) is 1.75. The van der Waals surface area contributed by atoms with Crippen molar-refractivity contribution in [1.82, 2.24) is 19.5 Å². The fraction of sp³-hybridized carbons (Fsp3) is 0.263. The first kappa shape index (κ1) is 18.6. The number of carbonyl (C=O) groups excluding carboxylic acids is 1. The smallest absolute Gasteiger partial charge is 0.318 e. The molecular weight excluding hydrogens is 383 g/mol. The van der Waals surface area contributed by atoms with Crippen LogP contribution in [0.1, 0.15) is 5.56 Å². The van der Waals surface area contributed by atoms with Crippen LogP contribution >= 0.6 is 0 Å². The van der Waals surface area contributed by atoms with E-state index in [4.69, 9.17) is 0 Å². The van der Waals surface area contributed by atoms with Gasteiger partial charge in [-0.1, -0.05) is 24.3 Å². The number of carbonyl (C=O) groups is 1. The number of nitrogens with one attached hydrogen (secondary N) is 1. The topological polar surface area (TPSA) is 82.6 Å². The Labute approximate surface area is 162 Å². The normalized spacial score (nSPS) is 17.1. The zero-order valence-corrected chi connectivity index (χ0v) is 15.8. The Morgan fingerprint density at radius 1 is 1.04 bits per heavy atom. The van der Waals surface area contributed by atoms with Gasteiger partial charge in [0.15, 0.2) is 5.03 Å². The van der Waals surface area contributed by atoms with Gasteiger partial charge < -0.3 is 10.2 Å². The summed E-state index contributed by atoms with van der Waals surface area (Å²) in [5.41, 5.74) is 2.28. The predicted molar refractivity (Wildman–Crippen MR) is 100 cm³/mol. The second-order valence-corrected chi connectivity index (χ2v) is 8.64. The number of aromatic nitrogens is 1. The van der Waals surface area contributed by atoms with Gasteiger partial charge in [-0.05, 0) is 29.3 Å². The summed E-state index contributed by atoms with van der Waals surface area (Å²) < 4.78 is 40.4. The van der Waals surface area contributed by atoms with Crippen molar-refractivity contribution in [3.05, 3.63) is 71.2 Å². The molecule has 0 unspecified atom stereocenters. The highest BCUT2D eigenvalue weighted by molar-refractivity contribution is 7.89. The van der Waals surface area contributed by atoms with E-state index in [1.807, 2.05) is 0 Å². The summed E-state index contributed by atoms with van der Waals surface area (Å²) in [6.45, 7) is 1.35. The number of nitrogens with zero attached hydrogens (tertiary/aromatic N) is 3. The molecule has 1 N–H and O–H groups in total. The average Bonchev–Trinajstić information content (AvgIpc) is 3.28. The van der Waals surface area contributed by atoms with Crippen molar-refractivity contribution in [3.63, 3.8) is 0 Å². The van der Waals surface area contributed by atoms with Gasteiger partial charge in [0.2, 0.25) is 0 Å². The van der Waals surface area contributed by atoms with Crippen molar-refractivity contribution in [2.75, 3.05) is 26.2 Å². The van der Waals surface area contributed by atoms with Crippen LogP contribution < -0.4 is 5.32 Å². The molecule has 1 aromatic heterocycles. The average molecular weight is 402 g/mol. The van der Waals surface area contributed by atoms with Crippen molar-refractivity contribution in [3.8, 4) is 0 Å². The molecule has 0 spiro atoms. The van der Waals surface area contributed by atoms with Crippen LogP contribution in [0.5, 0.6) is 0 Å². The number of halogens is 1. The van der Waals surface area contributed by atoms with Crippen molar-refractivity contribution in [2.45, 2.75) is 11.6 Å². The lowest BCUT2D eigenvalue weighted by atomic mass is 10.2. The number of benzene rings is 1. The first-order valence-electron chi connectivity index (χ1n) is 8.82. The molecule has 0 atom stereocenters. The molecule has 2 aliphatic rings. The third-order valence-electron chi connectivity index (χ3n) is 4.91. The number of hydrogen-bond acceptors (Lipinski definition) is 4. The molecule has 1 aromatic carbocycles. The molecule has 0 bridgehead atoms. The maximum absolute atomic E-state index is 13.7. The highest BCUT2D eigenvalue weighted by atomic mass is 32.2. The third-order valence-corrected chi connectivity index (χ3v) is 6.62. The van der Waals surface area contributed by atoms with E-state index >= 15 is 0 Å². The van der Waals surface area contributed by atoms with E-state index in [9.17, 15) is 17.6 Å². The van der Waals surface area contributed by atoms with E-state index in [1.54, 1.807) is 35.2 Å². The molecule has 2 amide bonds. The van der Waals surface area contributed by atoms with E-state index < -0.39 is 10.0 Å². The highest BCUT2D eigenvalue weighted by Crippen LogP contribution is 2.29. The quantitative estimate of drug-likeness (QED) is 0.790. The maximum Gasteiger partial charge on any atom is 0.318 e. The van der Waals surface area contributed by atoms with Crippen LogP contribution in [0.25, 0.3) is 0 Å². The van der Waals surface area contributed by atoms with Crippen LogP contribution in [0.15, 0.2) is 64.8 Å². The minimum Gasteiger partial charge on any atom is -0.334 e. The van der Waals surface area contributed by atoms with Gasteiger partial charge in [0, 0.05) is 44.5 Å². The van der Waals surface area contributed by atoms with Crippen molar-refractivity contribution in [2.24, 2.45) is 0 Å². The summed E-state index contributed by atoms with van der Waals surface area (Å²) in [5, 5.41) is 2.74. The molecule has 2 aliphatic heterocycles. The van der Waals surface area contributed by atoms with E-state index in [1.165, 1.54) is 22.6 Å². The lowest BCUT2D eigenvalue weighted by molar-refractivity contribution is 0.207. The Bertz CT molecular complexity index is 1020.